The Kier molecular flexibility index (Phi) is 6.38. The molecule has 0 saturated carbocycles. The Morgan fingerprint density at radius 1 is 0.926 bits per heavy atom. The molecule has 0 bridgehead atoms. The summed E-state index contributed by atoms with van der Waals surface area (Å²) in [5.74, 6) is 1.72. The van der Waals surface area contributed by atoms with E-state index in [1.165, 1.54) is 11.1 Å². The van der Waals surface area contributed by atoms with E-state index in [0.717, 1.165) is 34.2 Å². The van der Waals surface area contributed by atoms with Crippen LogP contribution in [0.2, 0.25) is 5.02 Å². The molecule has 0 amide bonds. The zero-order chi connectivity index (χ0) is 19.2. The summed E-state index contributed by atoms with van der Waals surface area (Å²) >= 11 is 6.02. The van der Waals surface area contributed by atoms with E-state index < -0.39 is 0 Å². The van der Waals surface area contributed by atoms with Crippen LogP contribution in [0.25, 0.3) is 11.1 Å². The molecular formula is C23H24ClNO2. The third kappa shape index (κ3) is 4.82. The van der Waals surface area contributed by atoms with E-state index in [4.69, 9.17) is 21.1 Å². The van der Waals surface area contributed by atoms with Gasteiger partial charge in [-0.05, 0) is 60.0 Å². The fraction of sp³-hybridized carbons (Fsp3) is 0.217. The van der Waals surface area contributed by atoms with E-state index >= 15 is 0 Å². The molecule has 0 unspecified atom stereocenters. The molecule has 0 radical (unpaired) electrons. The summed E-state index contributed by atoms with van der Waals surface area (Å²) in [5.41, 5.74) is 4.53. The number of nitrogens with one attached hydrogen (secondary N) is 1. The highest BCUT2D eigenvalue weighted by Gasteiger charge is 2.10. The highest BCUT2D eigenvalue weighted by Crippen LogP contribution is 2.32. The predicted octanol–water partition coefficient (Wildman–Crippen LogP) is 5.88. The van der Waals surface area contributed by atoms with Crippen LogP contribution in [0.1, 0.15) is 24.1 Å². The molecule has 0 saturated heterocycles. The number of rotatable bonds is 7. The largest absolute Gasteiger partial charge is 0.497 e. The van der Waals surface area contributed by atoms with E-state index in [0.29, 0.717) is 0 Å². The van der Waals surface area contributed by atoms with Crippen molar-refractivity contribution in [3.8, 4) is 22.6 Å². The lowest BCUT2D eigenvalue weighted by molar-refractivity contribution is 0.413. The van der Waals surface area contributed by atoms with Crippen LogP contribution in [-0.4, -0.2) is 14.2 Å². The zero-order valence-corrected chi connectivity index (χ0v) is 16.6. The summed E-state index contributed by atoms with van der Waals surface area (Å²) in [6.07, 6.45) is 0. The highest BCUT2D eigenvalue weighted by molar-refractivity contribution is 6.30. The van der Waals surface area contributed by atoms with Crippen LogP contribution in [-0.2, 0) is 6.54 Å². The quantitative estimate of drug-likeness (QED) is 0.554. The standard InChI is InChI=1S/C23H24ClNO2/c1-16(19-5-4-6-21(14-19)26-2)25-15-17-7-12-23(27-3)22(13-17)18-8-10-20(24)11-9-18/h4-14,16,25H,15H2,1-3H3/t16-/m1/s1. The van der Waals surface area contributed by atoms with Gasteiger partial charge < -0.3 is 14.8 Å². The first kappa shape index (κ1) is 19.3. The van der Waals surface area contributed by atoms with Crippen LogP contribution in [0, 0.1) is 0 Å². The fourth-order valence-corrected chi connectivity index (χ4v) is 3.15. The lowest BCUT2D eigenvalue weighted by atomic mass is 10.0. The van der Waals surface area contributed by atoms with Gasteiger partial charge in [-0.1, -0.05) is 41.9 Å². The second kappa shape index (κ2) is 8.94. The zero-order valence-electron chi connectivity index (χ0n) is 15.8. The average molecular weight is 382 g/mol. The van der Waals surface area contributed by atoms with Crippen molar-refractivity contribution in [2.45, 2.75) is 19.5 Å². The Morgan fingerprint density at radius 2 is 1.70 bits per heavy atom. The minimum Gasteiger partial charge on any atom is -0.497 e. The topological polar surface area (TPSA) is 30.5 Å². The molecule has 0 aliphatic carbocycles. The molecule has 27 heavy (non-hydrogen) atoms. The number of hydrogen-bond acceptors (Lipinski definition) is 3. The summed E-state index contributed by atoms with van der Waals surface area (Å²) in [6.45, 7) is 2.90. The van der Waals surface area contributed by atoms with Gasteiger partial charge in [0.05, 0.1) is 14.2 Å². The van der Waals surface area contributed by atoms with Gasteiger partial charge >= 0.3 is 0 Å². The van der Waals surface area contributed by atoms with Crippen molar-refractivity contribution < 1.29 is 9.47 Å². The van der Waals surface area contributed by atoms with Gasteiger partial charge in [0.25, 0.3) is 0 Å². The van der Waals surface area contributed by atoms with Crippen LogP contribution in [0.3, 0.4) is 0 Å². The molecule has 3 aromatic rings. The molecule has 0 heterocycles. The number of ether oxygens (including phenoxy) is 2. The van der Waals surface area contributed by atoms with Gasteiger partial charge in [0, 0.05) is 23.2 Å². The average Bonchev–Trinajstić information content (AvgIpc) is 2.72. The van der Waals surface area contributed by atoms with Crippen LogP contribution < -0.4 is 14.8 Å². The lowest BCUT2D eigenvalue weighted by Gasteiger charge is -2.16. The van der Waals surface area contributed by atoms with Crippen molar-refractivity contribution in [2.75, 3.05) is 14.2 Å². The molecule has 4 heteroatoms. The predicted molar refractivity (Wildman–Crippen MR) is 112 cm³/mol. The summed E-state index contributed by atoms with van der Waals surface area (Å²) in [4.78, 5) is 0. The van der Waals surface area contributed by atoms with Gasteiger partial charge in [0.1, 0.15) is 11.5 Å². The smallest absolute Gasteiger partial charge is 0.126 e. The molecule has 0 fully saturated rings. The monoisotopic (exact) mass is 381 g/mol. The van der Waals surface area contributed by atoms with Crippen LogP contribution in [0.15, 0.2) is 66.7 Å². The van der Waals surface area contributed by atoms with Crippen molar-refractivity contribution in [3.05, 3.63) is 82.9 Å². The van der Waals surface area contributed by atoms with Gasteiger partial charge in [-0.15, -0.1) is 0 Å². The van der Waals surface area contributed by atoms with Crippen molar-refractivity contribution in [1.82, 2.24) is 5.32 Å². The molecule has 0 aliphatic rings. The van der Waals surface area contributed by atoms with E-state index in [-0.39, 0.29) is 6.04 Å². The molecule has 3 nitrogen and oxygen atoms in total. The van der Waals surface area contributed by atoms with Gasteiger partial charge in [0.15, 0.2) is 0 Å². The fourth-order valence-electron chi connectivity index (χ4n) is 3.02. The molecule has 0 aliphatic heterocycles. The second-order valence-electron chi connectivity index (χ2n) is 6.42. The molecule has 140 valence electrons. The number of hydrogen-bond donors (Lipinski definition) is 1. The van der Waals surface area contributed by atoms with Gasteiger partial charge in [-0.2, -0.15) is 0 Å². The van der Waals surface area contributed by atoms with Gasteiger partial charge in [-0.25, -0.2) is 0 Å². The summed E-state index contributed by atoms with van der Waals surface area (Å²) < 4.78 is 10.9. The lowest BCUT2D eigenvalue weighted by Crippen LogP contribution is -2.18. The normalized spacial score (nSPS) is 11.9. The van der Waals surface area contributed by atoms with Crippen LogP contribution in [0.4, 0.5) is 0 Å². The first-order valence-electron chi connectivity index (χ1n) is 8.91. The van der Waals surface area contributed by atoms with E-state index in [9.17, 15) is 0 Å². The van der Waals surface area contributed by atoms with E-state index in [1.54, 1.807) is 14.2 Å². The summed E-state index contributed by atoms with van der Waals surface area (Å²) in [5, 5.41) is 4.30. The van der Waals surface area contributed by atoms with Crippen molar-refractivity contribution in [2.24, 2.45) is 0 Å². The minimum absolute atomic E-state index is 0.209. The maximum absolute atomic E-state index is 6.02. The Hall–Kier alpha value is -2.49. The molecular weight excluding hydrogens is 358 g/mol. The number of benzene rings is 3. The van der Waals surface area contributed by atoms with E-state index in [2.05, 4.69) is 36.5 Å². The minimum atomic E-state index is 0.209. The maximum Gasteiger partial charge on any atom is 0.126 e. The molecule has 0 aromatic heterocycles. The Labute approximate surface area is 165 Å². The molecule has 1 atom stereocenters. The number of halogens is 1. The van der Waals surface area contributed by atoms with Crippen molar-refractivity contribution in [1.29, 1.82) is 0 Å². The van der Waals surface area contributed by atoms with Gasteiger partial charge in [-0.3, -0.25) is 0 Å². The molecule has 0 spiro atoms. The molecule has 1 N–H and O–H groups in total. The first-order chi connectivity index (χ1) is 13.1. The van der Waals surface area contributed by atoms with Crippen LogP contribution in [0.5, 0.6) is 11.5 Å². The summed E-state index contributed by atoms with van der Waals surface area (Å²) in [7, 11) is 3.38. The third-order valence-corrected chi connectivity index (χ3v) is 4.88. The molecule has 3 rings (SSSR count). The van der Waals surface area contributed by atoms with Gasteiger partial charge in [0.2, 0.25) is 0 Å². The van der Waals surface area contributed by atoms with Crippen molar-refractivity contribution >= 4 is 11.6 Å². The van der Waals surface area contributed by atoms with Crippen molar-refractivity contribution in [3.63, 3.8) is 0 Å². The Morgan fingerprint density at radius 3 is 2.41 bits per heavy atom. The second-order valence-corrected chi connectivity index (χ2v) is 6.86. The van der Waals surface area contributed by atoms with Crippen LogP contribution >= 0.6 is 11.6 Å². The molecule has 3 aromatic carbocycles. The maximum atomic E-state index is 6.02. The Bertz CT molecular complexity index is 893. The SMILES string of the molecule is COc1cccc([C@@H](C)NCc2ccc(OC)c(-c3ccc(Cl)cc3)c2)c1. The number of methoxy groups -OCH3 is 2. The Balaban J connectivity index is 1.77. The summed E-state index contributed by atoms with van der Waals surface area (Å²) in [6, 6.07) is 22.4. The highest BCUT2D eigenvalue weighted by atomic mass is 35.5. The third-order valence-electron chi connectivity index (χ3n) is 4.63. The first-order valence-corrected chi connectivity index (χ1v) is 9.28. The van der Waals surface area contributed by atoms with E-state index in [1.807, 2.05) is 42.5 Å².